The van der Waals surface area contributed by atoms with E-state index in [0.717, 1.165) is 0 Å². The number of aromatic nitrogens is 5. The molecule has 0 fully saturated rings. The first-order valence-electron chi connectivity index (χ1n) is 4.78. The van der Waals surface area contributed by atoms with Crippen LogP contribution in [0.25, 0.3) is 0 Å². The molecule has 10 heteroatoms. The molecular weight excluding hydrogens is 258 g/mol. The summed E-state index contributed by atoms with van der Waals surface area (Å²) in [6, 6.07) is 0. The van der Waals surface area contributed by atoms with E-state index >= 15 is 0 Å². The molecule has 0 radical (unpaired) electrons. The highest BCUT2D eigenvalue weighted by Crippen LogP contribution is 2.10. The Kier molecular flexibility index (Phi) is 3.28. The van der Waals surface area contributed by atoms with Crippen LogP contribution in [0, 0.1) is 0 Å². The van der Waals surface area contributed by atoms with Crippen molar-refractivity contribution >= 4 is 21.9 Å². The van der Waals surface area contributed by atoms with Crippen molar-refractivity contribution in [2.45, 2.75) is 4.90 Å². The molecule has 0 atom stereocenters. The van der Waals surface area contributed by atoms with Gasteiger partial charge in [0.05, 0.1) is 24.8 Å². The summed E-state index contributed by atoms with van der Waals surface area (Å²) in [5, 5.41) is 9.71. The van der Waals surface area contributed by atoms with Gasteiger partial charge in [0.25, 0.3) is 16.0 Å². The van der Waals surface area contributed by atoms with Gasteiger partial charge in [-0.05, 0) is 0 Å². The number of rotatable bonds is 4. The summed E-state index contributed by atoms with van der Waals surface area (Å²) in [6.45, 7) is 0. The van der Waals surface area contributed by atoms with Crippen LogP contribution in [0.15, 0.2) is 29.7 Å². The van der Waals surface area contributed by atoms with Gasteiger partial charge in [0.1, 0.15) is 4.90 Å². The third kappa shape index (κ3) is 2.66. The first-order chi connectivity index (χ1) is 8.62. The van der Waals surface area contributed by atoms with E-state index in [0.29, 0.717) is 5.95 Å². The third-order valence-corrected chi connectivity index (χ3v) is 3.15. The summed E-state index contributed by atoms with van der Waals surface area (Å²) < 4.78 is 25.9. The highest BCUT2D eigenvalue weighted by molar-refractivity contribution is 7.92. The van der Waals surface area contributed by atoms with Crippen molar-refractivity contribution < 1.29 is 8.42 Å². The minimum Gasteiger partial charge on any atom is -0.357 e. The Balaban J connectivity index is 2.25. The van der Waals surface area contributed by atoms with E-state index in [2.05, 4.69) is 35.2 Å². The molecule has 2 rings (SSSR count). The molecule has 0 unspecified atom stereocenters. The van der Waals surface area contributed by atoms with Crippen LogP contribution < -0.4 is 10.0 Å². The standard InChI is InChI=1S/C8H9N7O2S/c1-9-7-11-4-6(5-12-7)18(16,17)15-8-10-2-3-13-14-8/h2-5H,1H3,(H,9,11,12)(H,10,14,15). The summed E-state index contributed by atoms with van der Waals surface area (Å²) in [5.74, 6) is 0.210. The normalized spacial score (nSPS) is 10.9. The fourth-order valence-electron chi connectivity index (χ4n) is 1.06. The van der Waals surface area contributed by atoms with Crippen molar-refractivity contribution in [1.29, 1.82) is 0 Å². The Hall–Kier alpha value is -2.36. The van der Waals surface area contributed by atoms with Crippen LogP contribution in [0.5, 0.6) is 0 Å². The molecule has 2 aromatic heterocycles. The zero-order valence-electron chi connectivity index (χ0n) is 9.27. The summed E-state index contributed by atoms with van der Waals surface area (Å²) in [5.41, 5.74) is 0. The molecule has 94 valence electrons. The zero-order chi connectivity index (χ0) is 13.0. The summed E-state index contributed by atoms with van der Waals surface area (Å²) in [4.78, 5) is 11.2. The van der Waals surface area contributed by atoms with Gasteiger partial charge in [-0.15, -0.1) is 5.10 Å². The highest BCUT2D eigenvalue weighted by Gasteiger charge is 2.16. The topological polar surface area (TPSA) is 123 Å². The molecule has 0 bridgehead atoms. The molecule has 2 heterocycles. The molecule has 2 N–H and O–H groups in total. The molecule has 0 amide bonds. The van der Waals surface area contributed by atoms with Gasteiger partial charge < -0.3 is 5.32 Å². The van der Waals surface area contributed by atoms with E-state index in [4.69, 9.17) is 0 Å². The molecule has 0 spiro atoms. The zero-order valence-corrected chi connectivity index (χ0v) is 10.1. The van der Waals surface area contributed by atoms with Crippen molar-refractivity contribution in [2.24, 2.45) is 0 Å². The predicted molar refractivity (Wildman–Crippen MR) is 62.2 cm³/mol. The largest absolute Gasteiger partial charge is 0.357 e. The maximum absolute atomic E-state index is 11.9. The van der Waals surface area contributed by atoms with Crippen LogP contribution in [0.2, 0.25) is 0 Å². The number of anilines is 2. The van der Waals surface area contributed by atoms with Crippen LogP contribution in [0.4, 0.5) is 11.9 Å². The lowest BCUT2D eigenvalue weighted by molar-refractivity contribution is 0.599. The molecule has 9 nitrogen and oxygen atoms in total. The van der Waals surface area contributed by atoms with Crippen molar-refractivity contribution in [2.75, 3.05) is 17.1 Å². The van der Waals surface area contributed by atoms with Crippen molar-refractivity contribution in [3.05, 3.63) is 24.8 Å². The smallest absolute Gasteiger partial charge is 0.267 e. The number of hydrogen-bond donors (Lipinski definition) is 2. The quantitative estimate of drug-likeness (QED) is 0.760. The average molecular weight is 267 g/mol. The van der Waals surface area contributed by atoms with Gasteiger partial charge >= 0.3 is 0 Å². The number of sulfonamides is 1. The third-order valence-electron chi connectivity index (χ3n) is 1.87. The molecule has 0 saturated heterocycles. The second kappa shape index (κ2) is 4.87. The number of hydrogen-bond acceptors (Lipinski definition) is 8. The van der Waals surface area contributed by atoms with Crippen LogP contribution >= 0.6 is 0 Å². The second-order valence-electron chi connectivity index (χ2n) is 3.06. The number of nitrogens with zero attached hydrogens (tertiary/aromatic N) is 5. The molecule has 0 aromatic carbocycles. The summed E-state index contributed by atoms with van der Waals surface area (Å²) in [7, 11) is -2.18. The lowest BCUT2D eigenvalue weighted by atomic mass is 10.7. The Labute approximate surface area is 103 Å². The van der Waals surface area contributed by atoms with Gasteiger partial charge in [-0.2, -0.15) is 5.10 Å². The second-order valence-corrected chi connectivity index (χ2v) is 4.75. The Morgan fingerprint density at radius 2 is 1.78 bits per heavy atom. The molecule has 0 aliphatic rings. The molecule has 18 heavy (non-hydrogen) atoms. The van der Waals surface area contributed by atoms with Crippen LogP contribution in [-0.2, 0) is 10.0 Å². The minimum absolute atomic E-state index is 0.0889. The fraction of sp³-hybridized carbons (Fsp3) is 0.125. The molecule has 0 saturated carbocycles. The maximum atomic E-state index is 11.9. The van der Waals surface area contributed by atoms with Gasteiger partial charge in [0.15, 0.2) is 0 Å². The molecular formula is C8H9N7O2S. The highest BCUT2D eigenvalue weighted by atomic mass is 32.2. The monoisotopic (exact) mass is 267 g/mol. The van der Waals surface area contributed by atoms with Crippen LogP contribution in [0.1, 0.15) is 0 Å². The lowest BCUT2D eigenvalue weighted by Gasteiger charge is -2.05. The van der Waals surface area contributed by atoms with Gasteiger partial charge in [0.2, 0.25) is 5.95 Å². The van der Waals surface area contributed by atoms with Gasteiger partial charge in [-0.25, -0.2) is 28.1 Å². The van der Waals surface area contributed by atoms with E-state index in [1.165, 1.54) is 24.8 Å². The van der Waals surface area contributed by atoms with E-state index < -0.39 is 10.0 Å². The van der Waals surface area contributed by atoms with E-state index in [1.807, 2.05) is 0 Å². The fourth-order valence-corrected chi connectivity index (χ4v) is 1.89. The van der Waals surface area contributed by atoms with Crippen molar-refractivity contribution in [1.82, 2.24) is 25.1 Å². The average Bonchev–Trinajstić information content (AvgIpc) is 2.39. The first kappa shape index (κ1) is 12.1. The van der Waals surface area contributed by atoms with E-state index in [-0.39, 0.29) is 10.8 Å². The number of nitrogens with one attached hydrogen (secondary N) is 2. The van der Waals surface area contributed by atoms with Gasteiger partial charge in [-0.3, -0.25) is 0 Å². The molecule has 0 aliphatic heterocycles. The predicted octanol–water partition coefficient (Wildman–Crippen LogP) is -0.496. The Bertz CT molecular complexity index is 614. The van der Waals surface area contributed by atoms with Crippen LogP contribution in [0.3, 0.4) is 0 Å². The SMILES string of the molecule is CNc1ncc(S(=O)(=O)Nc2nccnn2)cn1. The van der Waals surface area contributed by atoms with E-state index in [1.54, 1.807) is 7.05 Å². The van der Waals surface area contributed by atoms with Gasteiger partial charge in [-0.1, -0.05) is 0 Å². The maximum Gasteiger partial charge on any atom is 0.267 e. The first-order valence-corrected chi connectivity index (χ1v) is 6.26. The van der Waals surface area contributed by atoms with Crippen molar-refractivity contribution in [3.8, 4) is 0 Å². The van der Waals surface area contributed by atoms with Crippen LogP contribution in [-0.4, -0.2) is 40.6 Å². The summed E-state index contributed by atoms with van der Waals surface area (Å²) in [6.07, 6.45) is 5.02. The van der Waals surface area contributed by atoms with Crippen molar-refractivity contribution in [3.63, 3.8) is 0 Å². The minimum atomic E-state index is -3.81. The molecule has 2 aromatic rings. The summed E-state index contributed by atoms with van der Waals surface area (Å²) >= 11 is 0. The van der Waals surface area contributed by atoms with Gasteiger partial charge in [0, 0.05) is 7.05 Å². The Morgan fingerprint density at radius 1 is 1.06 bits per heavy atom. The Morgan fingerprint density at radius 3 is 2.33 bits per heavy atom. The lowest BCUT2D eigenvalue weighted by Crippen LogP contribution is -2.16. The molecule has 0 aliphatic carbocycles. The van der Waals surface area contributed by atoms with E-state index in [9.17, 15) is 8.42 Å².